The SMILES string of the molecule is CCC(Nc1ccc(Cl)nc1)c1ccc(Br)cc1. The third-order valence-electron chi connectivity index (χ3n) is 2.75. The third kappa shape index (κ3) is 3.47. The zero-order chi connectivity index (χ0) is 13.0. The van der Waals surface area contributed by atoms with E-state index in [0.717, 1.165) is 16.6 Å². The average molecular weight is 326 g/mol. The van der Waals surface area contributed by atoms with Crippen LogP contribution in [0.15, 0.2) is 47.1 Å². The summed E-state index contributed by atoms with van der Waals surface area (Å²) in [5, 5.41) is 3.97. The standard InChI is InChI=1S/C14H14BrClN2/c1-2-13(10-3-5-11(15)6-4-10)18-12-7-8-14(16)17-9-12/h3-9,13,18H,2H2,1H3. The summed E-state index contributed by atoms with van der Waals surface area (Å²) in [4.78, 5) is 4.07. The minimum atomic E-state index is 0.279. The van der Waals surface area contributed by atoms with E-state index in [1.807, 2.05) is 6.07 Å². The Balaban J connectivity index is 2.14. The quantitative estimate of drug-likeness (QED) is 0.795. The summed E-state index contributed by atoms with van der Waals surface area (Å²) < 4.78 is 1.09. The van der Waals surface area contributed by atoms with Gasteiger partial charge in [0.15, 0.2) is 0 Å². The van der Waals surface area contributed by atoms with Gasteiger partial charge in [-0.3, -0.25) is 0 Å². The summed E-state index contributed by atoms with van der Waals surface area (Å²) >= 11 is 9.22. The number of hydrogen-bond acceptors (Lipinski definition) is 2. The van der Waals surface area contributed by atoms with Crippen LogP contribution in [0.5, 0.6) is 0 Å². The second-order valence-corrected chi connectivity index (χ2v) is 5.33. The molecule has 0 saturated carbocycles. The second-order valence-electron chi connectivity index (χ2n) is 4.03. The van der Waals surface area contributed by atoms with Gasteiger partial charge in [0, 0.05) is 4.47 Å². The number of pyridine rings is 1. The van der Waals surface area contributed by atoms with E-state index in [0.29, 0.717) is 5.15 Å². The first-order chi connectivity index (χ1) is 8.69. The summed E-state index contributed by atoms with van der Waals surface area (Å²) in [6.07, 6.45) is 2.76. The lowest BCUT2D eigenvalue weighted by Gasteiger charge is -2.18. The van der Waals surface area contributed by atoms with Crippen molar-refractivity contribution in [2.75, 3.05) is 5.32 Å². The van der Waals surface area contributed by atoms with Crippen LogP contribution >= 0.6 is 27.5 Å². The van der Waals surface area contributed by atoms with E-state index < -0.39 is 0 Å². The Morgan fingerprint density at radius 2 is 1.94 bits per heavy atom. The van der Waals surface area contributed by atoms with Crippen LogP contribution in [0.4, 0.5) is 5.69 Å². The maximum atomic E-state index is 5.77. The predicted octanol–water partition coefficient (Wildman–Crippen LogP) is 5.06. The van der Waals surface area contributed by atoms with E-state index in [1.165, 1.54) is 5.56 Å². The van der Waals surface area contributed by atoms with Crippen LogP contribution in [0, 0.1) is 0 Å². The molecule has 1 aromatic carbocycles. The number of nitrogens with one attached hydrogen (secondary N) is 1. The van der Waals surface area contributed by atoms with Crippen molar-refractivity contribution in [1.82, 2.24) is 4.98 Å². The molecule has 2 nitrogen and oxygen atoms in total. The zero-order valence-corrected chi connectivity index (χ0v) is 12.4. The molecule has 94 valence electrons. The molecule has 1 N–H and O–H groups in total. The molecule has 0 fully saturated rings. The summed E-state index contributed by atoms with van der Waals surface area (Å²) in [5.41, 5.74) is 2.24. The van der Waals surface area contributed by atoms with Crippen LogP contribution in [-0.2, 0) is 0 Å². The molecule has 0 aliphatic heterocycles. The van der Waals surface area contributed by atoms with Gasteiger partial charge in [0.25, 0.3) is 0 Å². The second kappa shape index (κ2) is 6.21. The van der Waals surface area contributed by atoms with E-state index >= 15 is 0 Å². The molecule has 4 heteroatoms. The monoisotopic (exact) mass is 324 g/mol. The highest BCUT2D eigenvalue weighted by Gasteiger charge is 2.08. The minimum absolute atomic E-state index is 0.279. The lowest BCUT2D eigenvalue weighted by molar-refractivity contribution is 0.748. The normalized spacial score (nSPS) is 12.2. The van der Waals surface area contributed by atoms with Gasteiger partial charge in [-0.15, -0.1) is 0 Å². The highest BCUT2D eigenvalue weighted by atomic mass is 79.9. The Hall–Kier alpha value is -1.06. The summed E-state index contributed by atoms with van der Waals surface area (Å²) in [6, 6.07) is 12.4. The molecule has 0 amide bonds. The molecule has 1 unspecified atom stereocenters. The van der Waals surface area contributed by atoms with Gasteiger partial charge < -0.3 is 5.32 Å². The van der Waals surface area contributed by atoms with E-state index in [2.05, 4.69) is 57.4 Å². The Labute approximate surface area is 121 Å². The summed E-state index contributed by atoms with van der Waals surface area (Å²) in [5.74, 6) is 0. The van der Waals surface area contributed by atoms with Crippen molar-refractivity contribution in [3.8, 4) is 0 Å². The van der Waals surface area contributed by atoms with E-state index in [1.54, 1.807) is 12.3 Å². The van der Waals surface area contributed by atoms with E-state index in [4.69, 9.17) is 11.6 Å². The van der Waals surface area contributed by atoms with Crippen LogP contribution in [0.3, 0.4) is 0 Å². The maximum absolute atomic E-state index is 5.77. The fourth-order valence-electron chi connectivity index (χ4n) is 1.78. The molecular weight excluding hydrogens is 312 g/mol. The molecule has 1 aromatic heterocycles. The molecule has 2 rings (SSSR count). The third-order valence-corrected chi connectivity index (χ3v) is 3.50. The Kier molecular flexibility index (Phi) is 4.61. The largest absolute Gasteiger partial charge is 0.377 e. The van der Waals surface area contributed by atoms with Crippen molar-refractivity contribution < 1.29 is 0 Å². The number of aromatic nitrogens is 1. The Morgan fingerprint density at radius 1 is 1.22 bits per heavy atom. The van der Waals surface area contributed by atoms with Crippen molar-refractivity contribution in [1.29, 1.82) is 0 Å². The highest BCUT2D eigenvalue weighted by molar-refractivity contribution is 9.10. The smallest absolute Gasteiger partial charge is 0.129 e. The number of nitrogens with zero attached hydrogens (tertiary/aromatic N) is 1. The van der Waals surface area contributed by atoms with Gasteiger partial charge in [-0.05, 0) is 36.2 Å². The highest BCUT2D eigenvalue weighted by Crippen LogP contribution is 2.24. The predicted molar refractivity (Wildman–Crippen MR) is 80.0 cm³/mol. The number of anilines is 1. The van der Waals surface area contributed by atoms with Gasteiger partial charge in [0.1, 0.15) is 5.15 Å². The maximum Gasteiger partial charge on any atom is 0.129 e. The fraction of sp³-hybridized carbons (Fsp3) is 0.214. The van der Waals surface area contributed by atoms with Crippen molar-refractivity contribution in [2.45, 2.75) is 19.4 Å². The Bertz CT molecular complexity index is 496. The van der Waals surface area contributed by atoms with Crippen LogP contribution in [0.2, 0.25) is 5.15 Å². The molecule has 0 aliphatic carbocycles. The lowest BCUT2D eigenvalue weighted by atomic mass is 10.0. The molecule has 18 heavy (non-hydrogen) atoms. The van der Waals surface area contributed by atoms with E-state index in [9.17, 15) is 0 Å². The lowest BCUT2D eigenvalue weighted by Crippen LogP contribution is -2.09. The van der Waals surface area contributed by atoms with Crippen molar-refractivity contribution in [3.63, 3.8) is 0 Å². The summed E-state index contributed by atoms with van der Waals surface area (Å²) in [7, 11) is 0. The van der Waals surface area contributed by atoms with Crippen LogP contribution in [0.25, 0.3) is 0 Å². The zero-order valence-electron chi connectivity index (χ0n) is 10.0. The van der Waals surface area contributed by atoms with Gasteiger partial charge >= 0.3 is 0 Å². The first kappa shape index (κ1) is 13.4. The number of halogens is 2. The van der Waals surface area contributed by atoms with Crippen molar-refractivity contribution >= 4 is 33.2 Å². The first-order valence-electron chi connectivity index (χ1n) is 5.82. The molecule has 1 atom stereocenters. The van der Waals surface area contributed by atoms with Gasteiger partial charge in [0.2, 0.25) is 0 Å². The molecule has 0 saturated heterocycles. The number of hydrogen-bond donors (Lipinski definition) is 1. The number of benzene rings is 1. The van der Waals surface area contributed by atoms with Crippen LogP contribution in [0.1, 0.15) is 24.9 Å². The summed E-state index contributed by atoms with van der Waals surface area (Å²) in [6.45, 7) is 2.16. The molecule has 0 aliphatic rings. The van der Waals surface area contributed by atoms with Crippen LogP contribution < -0.4 is 5.32 Å². The van der Waals surface area contributed by atoms with E-state index in [-0.39, 0.29) is 6.04 Å². The fourth-order valence-corrected chi connectivity index (χ4v) is 2.15. The molecule has 0 spiro atoms. The molecule has 1 heterocycles. The van der Waals surface area contributed by atoms with Gasteiger partial charge in [0.05, 0.1) is 17.9 Å². The Morgan fingerprint density at radius 3 is 2.50 bits per heavy atom. The first-order valence-corrected chi connectivity index (χ1v) is 6.99. The molecule has 0 radical (unpaired) electrons. The molecule has 0 bridgehead atoms. The molecule has 2 aromatic rings. The van der Waals surface area contributed by atoms with Gasteiger partial charge in [-0.25, -0.2) is 4.98 Å². The topological polar surface area (TPSA) is 24.9 Å². The molecular formula is C14H14BrClN2. The van der Waals surface area contributed by atoms with Gasteiger partial charge in [-0.1, -0.05) is 46.6 Å². The van der Waals surface area contributed by atoms with Crippen molar-refractivity contribution in [2.24, 2.45) is 0 Å². The minimum Gasteiger partial charge on any atom is -0.377 e. The van der Waals surface area contributed by atoms with Gasteiger partial charge in [-0.2, -0.15) is 0 Å². The van der Waals surface area contributed by atoms with Crippen LogP contribution in [-0.4, -0.2) is 4.98 Å². The van der Waals surface area contributed by atoms with Crippen molar-refractivity contribution in [3.05, 3.63) is 57.8 Å². The average Bonchev–Trinajstić information content (AvgIpc) is 2.39. The number of rotatable bonds is 4.